The Kier molecular flexibility index (Phi) is 1.88. The second-order valence-corrected chi connectivity index (χ2v) is 3.35. The Bertz CT molecular complexity index is 473. The van der Waals surface area contributed by atoms with Crippen molar-refractivity contribution in [2.75, 3.05) is 0 Å². The molecule has 2 nitrogen and oxygen atoms in total. The van der Waals surface area contributed by atoms with Gasteiger partial charge in [0, 0.05) is 18.0 Å². The van der Waals surface area contributed by atoms with Crippen LogP contribution in [0.5, 0.6) is 0 Å². The lowest BCUT2D eigenvalue weighted by Gasteiger charge is -1.95. The Morgan fingerprint density at radius 1 is 1.38 bits per heavy atom. The average Bonchev–Trinajstić information content (AvgIpc) is 2.41. The number of aldehydes is 1. The quantitative estimate of drug-likeness (QED) is 0.542. The molecule has 0 spiro atoms. The maximum Gasteiger partial charge on any atom is 0.153 e. The van der Waals surface area contributed by atoms with Crippen molar-refractivity contribution in [1.29, 1.82) is 0 Å². The Hall–Kier alpha value is -1.22. The molecule has 0 N–H and O–H groups in total. The van der Waals surface area contributed by atoms with Gasteiger partial charge in [0.1, 0.15) is 0 Å². The molecule has 0 fully saturated rings. The van der Waals surface area contributed by atoms with Gasteiger partial charge in [0.25, 0.3) is 0 Å². The van der Waals surface area contributed by atoms with Gasteiger partial charge in [0.2, 0.25) is 0 Å². The number of benzene rings is 1. The first kappa shape index (κ1) is 8.38. The Morgan fingerprint density at radius 3 is 2.77 bits per heavy atom. The predicted octanol–water partition coefficient (Wildman–Crippen LogP) is 2.28. The lowest BCUT2D eigenvalue weighted by Crippen LogP contribution is -1.87. The molecule has 1 aromatic carbocycles. The summed E-state index contributed by atoms with van der Waals surface area (Å²) in [6, 6.07) is 7.77. The first-order valence-electron chi connectivity index (χ1n) is 3.97. The highest BCUT2D eigenvalue weighted by Crippen LogP contribution is 2.25. The fraction of sp³-hybridized carbons (Fsp3) is 0.100. The van der Waals surface area contributed by atoms with Gasteiger partial charge in [0.15, 0.2) is 6.29 Å². The largest absolute Gasteiger partial charge is 0.338 e. The van der Waals surface area contributed by atoms with Gasteiger partial charge in [-0.15, -0.1) is 12.6 Å². The molecule has 0 atom stereocenters. The molecule has 0 aliphatic heterocycles. The molecule has 66 valence electrons. The summed E-state index contributed by atoms with van der Waals surface area (Å²) >= 11 is 4.28. The van der Waals surface area contributed by atoms with Gasteiger partial charge in [-0.1, -0.05) is 18.2 Å². The van der Waals surface area contributed by atoms with Crippen molar-refractivity contribution >= 4 is 29.8 Å². The van der Waals surface area contributed by atoms with Crippen LogP contribution in [0.3, 0.4) is 0 Å². The van der Waals surface area contributed by atoms with Gasteiger partial charge >= 0.3 is 0 Å². The van der Waals surface area contributed by atoms with Gasteiger partial charge in [-0.05, 0) is 6.07 Å². The number of aromatic nitrogens is 1. The predicted molar refractivity (Wildman–Crippen MR) is 55.6 cm³/mol. The number of rotatable bonds is 1. The fourth-order valence-corrected chi connectivity index (χ4v) is 1.81. The maximum absolute atomic E-state index is 10.8. The van der Waals surface area contributed by atoms with Gasteiger partial charge in [-0.25, -0.2) is 0 Å². The number of thiol groups is 1. The molecule has 13 heavy (non-hydrogen) atoms. The number of para-hydroxylation sites is 1. The van der Waals surface area contributed by atoms with Crippen LogP contribution in [-0.2, 0) is 7.05 Å². The highest BCUT2D eigenvalue weighted by atomic mass is 32.1. The van der Waals surface area contributed by atoms with E-state index < -0.39 is 0 Å². The molecule has 0 radical (unpaired) electrons. The fourth-order valence-electron chi connectivity index (χ4n) is 1.53. The minimum Gasteiger partial charge on any atom is -0.338 e. The van der Waals surface area contributed by atoms with Crippen LogP contribution in [0, 0.1) is 0 Å². The summed E-state index contributed by atoms with van der Waals surface area (Å²) in [5.41, 5.74) is 1.70. The molecular formula is C10H9NOS. The number of carbonyl (C=O) groups is 1. The van der Waals surface area contributed by atoms with E-state index in [1.807, 2.05) is 35.9 Å². The van der Waals surface area contributed by atoms with Crippen molar-refractivity contribution in [1.82, 2.24) is 4.57 Å². The Balaban J connectivity index is 2.98. The number of fused-ring (bicyclic) bond motifs is 1. The third kappa shape index (κ3) is 1.08. The molecule has 0 unspecified atom stereocenters. The first-order valence-corrected chi connectivity index (χ1v) is 4.42. The third-order valence-electron chi connectivity index (χ3n) is 2.23. The van der Waals surface area contributed by atoms with Crippen molar-refractivity contribution in [3.8, 4) is 0 Å². The summed E-state index contributed by atoms with van der Waals surface area (Å²) in [4.78, 5) is 10.8. The van der Waals surface area contributed by atoms with Gasteiger partial charge in [0.05, 0.1) is 10.6 Å². The molecule has 0 aliphatic carbocycles. The number of hydrogen-bond donors (Lipinski definition) is 1. The Labute approximate surface area is 81.6 Å². The second-order valence-electron chi connectivity index (χ2n) is 2.93. The molecule has 1 heterocycles. The van der Waals surface area contributed by atoms with Crippen LogP contribution in [0.1, 0.15) is 10.4 Å². The van der Waals surface area contributed by atoms with Crippen LogP contribution in [-0.4, -0.2) is 10.9 Å². The molecule has 0 bridgehead atoms. The number of nitrogens with zero attached hydrogens (tertiary/aromatic N) is 1. The molecule has 2 rings (SSSR count). The highest BCUT2D eigenvalue weighted by molar-refractivity contribution is 7.80. The van der Waals surface area contributed by atoms with Crippen LogP contribution >= 0.6 is 12.6 Å². The summed E-state index contributed by atoms with van der Waals surface area (Å²) in [5, 5.41) is 1.68. The minimum absolute atomic E-state index is 0.668. The van der Waals surface area contributed by atoms with Crippen LogP contribution in [0.15, 0.2) is 29.3 Å². The normalized spacial score (nSPS) is 10.6. The second kappa shape index (κ2) is 2.92. The van der Waals surface area contributed by atoms with E-state index in [9.17, 15) is 4.79 Å². The molecule has 0 amide bonds. The molecular weight excluding hydrogens is 182 g/mol. The SMILES string of the molecule is Cn1c(S)c(C=O)c2ccccc21. The zero-order valence-corrected chi connectivity index (χ0v) is 8.08. The summed E-state index contributed by atoms with van der Waals surface area (Å²) < 4.78 is 1.90. The van der Waals surface area contributed by atoms with E-state index >= 15 is 0 Å². The summed E-state index contributed by atoms with van der Waals surface area (Å²) in [6.07, 6.45) is 0.852. The van der Waals surface area contributed by atoms with Crippen molar-refractivity contribution in [2.24, 2.45) is 7.05 Å². The molecule has 0 saturated carbocycles. The smallest absolute Gasteiger partial charge is 0.153 e. The zero-order valence-electron chi connectivity index (χ0n) is 7.19. The van der Waals surface area contributed by atoms with Crippen LogP contribution in [0.2, 0.25) is 0 Å². The molecule has 0 saturated heterocycles. The first-order chi connectivity index (χ1) is 6.25. The lowest BCUT2D eigenvalue weighted by atomic mass is 10.2. The van der Waals surface area contributed by atoms with E-state index in [1.54, 1.807) is 0 Å². The molecule has 2 aromatic rings. The third-order valence-corrected chi connectivity index (χ3v) is 2.77. The molecule has 3 heteroatoms. The highest BCUT2D eigenvalue weighted by Gasteiger charge is 2.09. The number of hydrogen-bond acceptors (Lipinski definition) is 2. The van der Waals surface area contributed by atoms with E-state index in [1.165, 1.54) is 0 Å². The molecule has 1 aromatic heterocycles. The monoisotopic (exact) mass is 191 g/mol. The lowest BCUT2D eigenvalue weighted by molar-refractivity contribution is 0.112. The summed E-state index contributed by atoms with van der Waals surface area (Å²) in [7, 11) is 1.90. The minimum atomic E-state index is 0.668. The summed E-state index contributed by atoms with van der Waals surface area (Å²) in [5.74, 6) is 0. The topological polar surface area (TPSA) is 22.0 Å². The standard InChI is InChI=1S/C10H9NOS/c1-11-9-5-3-2-4-7(9)8(6-12)10(11)13/h2-6,13H,1H3. The maximum atomic E-state index is 10.8. The number of aryl methyl sites for hydroxylation is 1. The molecule has 0 aliphatic rings. The van der Waals surface area contributed by atoms with Gasteiger partial charge in [-0.3, -0.25) is 4.79 Å². The van der Waals surface area contributed by atoms with Crippen molar-refractivity contribution in [3.63, 3.8) is 0 Å². The van der Waals surface area contributed by atoms with E-state index in [-0.39, 0.29) is 0 Å². The van der Waals surface area contributed by atoms with Crippen LogP contribution in [0.4, 0.5) is 0 Å². The Morgan fingerprint density at radius 2 is 2.08 bits per heavy atom. The van der Waals surface area contributed by atoms with E-state index in [2.05, 4.69) is 12.6 Å². The van der Waals surface area contributed by atoms with Gasteiger partial charge < -0.3 is 4.57 Å². The van der Waals surface area contributed by atoms with Gasteiger partial charge in [-0.2, -0.15) is 0 Å². The van der Waals surface area contributed by atoms with E-state index in [4.69, 9.17) is 0 Å². The van der Waals surface area contributed by atoms with Crippen LogP contribution < -0.4 is 0 Å². The van der Waals surface area contributed by atoms with Crippen molar-refractivity contribution < 1.29 is 4.79 Å². The van der Waals surface area contributed by atoms with Crippen LogP contribution in [0.25, 0.3) is 10.9 Å². The number of carbonyl (C=O) groups excluding carboxylic acids is 1. The van der Waals surface area contributed by atoms with E-state index in [0.29, 0.717) is 5.56 Å². The summed E-state index contributed by atoms with van der Waals surface area (Å²) in [6.45, 7) is 0. The average molecular weight is 191 g/mol. The van der Waals surface area contributed by atoms with Crippen molar-refractivity contribution in [3.05, 3.63) is 29.8 Å². The van der Waals surface area contributed by atoms with E-state index in [0.717, 1.165) is 22.2 Å². The van der Waals surface area contributed by atoms with Crippen molar-refractivity contribution in [2.45, 2.75) is 5.03 Å². The zero-order chi connectivity index (χ0) is 9.42.